The zero-order valence-electron chi connectivity index (χ0n) is 24.8. The van der Waals surface area contributed by atoms with Crippen LogP contribution in [0.2, 0.25) is 0 Å². The number of rotatable bonds is 20. The van der Waals surface area contributed by atoms with Crippen molar-refractivity contribution in [2.24, 2.45) is 0 Å². The molecule has 7 N–H and O–H groups in total. The molecule has 0 aliphatic rings. The molecule has 0 saturated carbocycles. The van der Waals surface area contributed by atoms with Gasteiger partial charge < -0.3 is 33.5 Å². The van der Waals surface area contributed by atoms with Gasteiger partial charge in [-0.1, -0.05) is 71.1 Å². The number of carboxylic acids is 5. The number of carboxylic acid groups (broad SMARTS) is 5. The predicted octanol–water partition coefficient (Wildman–Crippen LogP) is -3.53. The number of aliphatic carboxylic acids is 5. The van der Waals surface area contributed by atoms with Crippen LogP contribution >= 0.6 is 0 Å². The molecule has 17 heteroatoms. The van der Waals surface area contributed by atoms with Gasteiger partial charge in [0.1, 0.15) is 0 Å². The Kier molecular flexibility index (Phi) is 26.5. The quantitative estimate of drug-likeness (QED) is 0.0402. The molecule has 0 heterocycles. The van der Waals surface area contributed by atoms with Crippen molar-refractivity contribution < 1.29 is 130 Å². The Balaban J connectivity index is -0.000000156. The number of carbonyl (C=O) groups is 5. The fourth-order valence-corrected chi connectivity index (χ4v) is 4.39. The first-order valence-electron chi connectivity index (χ1n) is 11.8. The van der Waals surface area contributed by atoms with Crippen molar-refractivity contribution >= 4 is 40.0 Å². The average molecular weight is 607 g/mol. The van der Waals surface area contributed by atoms with E-state index in [1.54, 1.807) is 0 Å². The molecule has 0 aromatic carbocycles. The summed E-state index contributed by atoms with van der Waals surface area (Å²) in [5, 5.41) is 51.7. The van der Waals surface area contributed by atoms with E-state index in [1.807, 2.05) is 0 Å². The minimum Gasteiger partial charge on any atom is -1.00 e. The van der Waals surface area contributed by atoms with E-state index in [0.717, 1.165) is 25.7 Å². The topological polar surface area (TPSA) is 261 Å². The van der Waals surface area contributed by atoms with Gasteiger partial charge in [0.2, 0.25) is 4.75 Å². The largest absolute Gasteiger partial charge is 1.00 e. The van der Waals surface area contributed by atoms with Crippen LogP contribution in [-0.2, 0) is 34.1 Å². The molecule has 1 unspecified atom stereocenters. The molecule has 0 rings (SSSR count). The van der Waals surface area contributed by atoms with Crippen LogP contribution < -0.4 is 59.1 Å². The fourth-order valence-electron chi connectivity index (χ4n) is 3.46. The number of hydrogen-bond acceptors (Lipinski definition) is 8. The van der Waals surface area contributed by atoms with E-state index in [1.165, 1.54) is 25.7 Å². The van der Waals surface area contributed by atoms with E-state index < -0.39 is 76.0 Å². The summed E-state index contributed by atoms with van der Waals surface area (Å²) in [6.45, 7) is 2.16. The maximum atomic E-state index is 11.4. The second-order valence-electron chi connectivity index (χ2n) is 8.75. The van der Waals surface area contributed by atoms with E-state index in [4.69, 9.17) is 30.6 Å². The second-order valence-corrected chi connectivity index (χ2v) is 10.5. The van der Waals surface area contributed by atoms with Crippen molar-refractivity contribution in [1.29, 1.82) is 0 Å². The van der Waals surface area contributed by atoms with Crippen molar-refractivity contribution in [2.75, 3.05) is 0 Å². The van der Waals surface area contributed by atoms with Gasteiger partial charge in [0.25, 0.3) is 10.1 Å². The standard InChI is InChI=1S/C16H30O7S.C6H8O7.2Na.2H/c1-2-3-4-5-6-7-8-9-10-11-12-16(15(19)20,13-14(17)18)24(21,22)23;7-3(8)1-6(13,5(11)12)2-4(9)10;;;;/h2-13H2,1H3,(H,17,18)(H,19,20)(H,21,22,23);13H,1-2H2,(H,7,8)(H,9,10)(H,11,12);;;;/q;;2*+1;2*-1. The van der Waals surface area contributed by atoms with Crippen LogP contribution in [0.5, 0.6) is 0 Å². The summed E-state index contributed by atoms with van der Waals surface area (Å²) in [6, 6.07) is 0. The van der Waals surface area contributed by atoms with Crippen LogP contribution in [-0.4, -0.2) is 83.8 Å². The minimum absolute atomic E-state index is 0. The summed E-state index contributed by atoms with van der Waals surface area (Å²) in [7, 11) is -5.01. The zero-order valence-corrected chi connectivity index (χ0v) is 27.6. The molecule has 0 aliphatic heterocycles. The summed E-state index contributed by atoms with van der Waals surface area (Å²) in [4.78, 5) is 52.6. The van der Waals surface area contributed by atoms with Crippen molar-refractivity contribution in [2.45, 2.75) is 107 Å². The van der Waals surface area contributed by atoms with Gasteiger partial charge in [-0.25, -0.2) is 4.79 Å². The molecule has 39 heavy (non-hydrogen) atoms. The van der Waals surface area contributed by atoms with Gasteiger partial charge >= 0.3 is 89.0 Å². The zero-order chi connectivity index (χ0) is 29.3. The number of unbranched alkanes of at least 4 members (excludes halogenated alkanes) is 9. The Hall–Kier alpha value is -0.780. The third-order valence-electron chi connectivity index (χ3n) is 5.54. The second kappa shape index (κ2) is 22.9. The van der Waals surface area contributed by atoms with E-state index in [9.17, 15) is 36.9 Å². The van der Waals surface area contributed by atoms with E-state index in [2.05, 4.69) is 6.92 Å². The summed E-state index contributed by atoms with van der Waals surface area (Å²) in [5.41, 5.74) is -2.74. The van der Waals surface area contributed by atoms with Gasteiger partial charge in [0.15, 0.2) is 5.60 Å². The Bertz CT molecular complexity index is 874. The van der Waals surface area contributed by atoms with Crippen LogP contribution in [0.3, 0.4) is 0 Å². The van der Waals surface area contributed by atoms with Gasteiger partial charge in [-0.15, -0.1) is 0 Å². The Morgan fingerprint density at radius 2 is 0.949 bits per heavy atom. The summed E-state index contributed by atoms with van der Waals surface area (Å²) < 4.78 is 29.4. The van der Waals surface area contributed by atoms with Crippen molar-refractivity contribution in [3.05, 3.63) is 0 Å². The van der Waals surface area contributed by atoms with Gasteiger partial charge in [-0.05, 0) is 6.42 Å². The van der Waals surface area contributed by atoms with Gasteiger partial charge in [-0.2, -0.15) is 8.42 Å². The van der Waals surface area contributed by atoms with E-state index in [0.29, 0.717) is 6.42 Å². The Morgan fingerprint density at radius 3 is 1.21 bits per heavy atom. The first-order valence-corrected chi connectivity index (χ1v) is 13.2. The molecule has 0 amide bonds. The predicted molar refractivity (Wildman–Crippen MR) is 130 cm³/mol. The summed E-state index contributed by atoms with van der Waals surface area (Å²) in [6.07, 6.45) is 5.98. The molecule has 0 radical (unpaired) electrons. The number of hydrogen-bond donors (Lipinski definition) is 7. The molecule has 0 spiro atoms. The number of aliphatic hydroxyl groups is 1. The maximum Gasteiger partial charge on any atom is 1.00 e. The van der Waals surface area contributed by atoms with E-state index in [-0.39, 0.29) is 68.4 Å². The fraction of sp³-hybridized carbons (Fsp3) is 0.773. The van der Waals surface area contributed by atoms with Crippen LogP contribution in [0, 0.1) is 0 Å². The normalized spacial score (nSPS) is 12.4. The van der Waals surface area contributed by atoms with Gasteiger partial charge in [-0.3, -0.25) is 23.7 Å². The van der Waals surface area contributed by atoms with Crippen LogP contribution in [0.1, 0.15) is 99.7 Å². The van der Waals surface area contributed by atoms with Gasteiger partial charge in [0.05, 0.1) is 19.3 Å². The average Bonchev–Trinajstić information content (AvgIpc) is 2.72. The van der Waals surface area contributed by atoms with Gasteiger partial charge in [0, 0.05) is 0 Å². The van der Waals surface area contributed by atoms with E-state index >= 15 is 0 Å². The van der Waals surface area contributed by atoms with Crippen LogP contribution in [0.15, 0.2) is 0 Å². The summed E-state index contributed by atoms with van der Waals surface area (Å²) >= 11 is 0. The maximum absolute atomic E-state index is 11.4. The smallest absolute Gasteiger partial charge is 1.00 e. The molecular weight excluding hydrogens is 566 g/mol. The van der Waals surface area contributed by atoms with Crippen LogP contribution in [0.25, 0.3) is 0 Å². The molecule has 0 bridgehead atoms. The first-order chi connectivity index (χ1) is 16.9. The molecule has 0 aromatic rings. The summed E-state index contributed by atoms with van der Waals surface area (Å²) in [5.74, 6) is -8.40. The molecule has 1 atom stereocenters. The van der Waals surface area contributed by atoms with Crippen LogP contribution in [0.4, 0.5) is 0 Å². The van der Waals surface area contributed by atoms with Crippen molar-refractivity contribution in [3.8, 4) is 0 Å². The molecule has 14 nitrogen and oxygen atoms in total. The molecule has 0 fully saturated rings. The third kappa shape index (κ3) is 19.9. The monoisotopic (exact) mass is 606 g/mol. The SMILES string of the molecule is CCCCCCCCCCCCC(CC(=O)O)(C(=O)O)S(=O)(=O)O.O=C(O)CC(O)(CC(=O)O)C(=O)O.[H-].[H-].[Na+].[Na+]. The van der Waals surface area contributed by atoms with Crippen molar-refractivity contribution in [3.63, 3.8) is 0 Å². The molecule has 0 aliphatic carbocycles. The first kappa shape index (κ1) is 45.2. The third-order valence-corrected chi connectivity index (χ3v) is 7.05. The Morgan fingerprint density at radius 1 is 0.615 bits per heavy atom. The molecule has 0 aromatic heterocycles. The molecular formula is C22H40Na2O14S. The molecule has 0 saturated heterocycles. The Labute approximate surface area is 274 Å². The molecule has 220 valence electrons. The minimum atomic E-state index is -5.01. The van der Waals surface area contributed by atoms with Crippen molar-refractivity contribution in [1.82, 2.24) is 0 Å².